The molecule has 2 aliphatic rings. The Hall–Kier alpha value is -3.24. The van der Waals surface area contributed by atoms with Crippen LogP contribution in [0.4, 0.5) is 16.4 Å². The number of rotatable bonds is 5. The van der Waals surface area contributed by atoms with Gasteiger partial charge < -0.3 is 30.3 Å². The van der Waals surface area contributed by atoms with Crippen LogP contribution in [0, 0.1) is 0 Å². The fourth-order valence-electron chi connectivity index (χ4n) is 3.91. The number of aliphatic hydroxyl groups excluding tert-OH is 1. The lowest BCUT2D eigenvalue weighted by molar-refractivity contribution is -0.129. The second kappa shape index (κ2) is 9.49. The molecular formula is C22H28N6O4. The first kappa shape index (κ1) is 22.0. The molecule has 10 nitrogen and oxygen atoms in total. The van der Waals surface area contributed by atoms with Crippen molar-refractivity contribution < 1.29 is 19.4 Å². The van der Waals surface area contributed by atoms with Gasteiger partial charge in [0.05, 0.1) is 50.3 Å². The molecule has 170 valence electrons. The molecule has 0 spiro atoms. The number of carbonyl (C=O) groups excluding carboxylic acids is 2. The predicted molar refractivity (Wildman–Crippen MR) is 119 cm³/mol. The number of anilines is 2. The summed E-state index contributed by atoms with van der Waals surface area (Å²) in [6.07, 6.45) is 0. The van der Waals surface area contributed by atoms with Gasteiger partial charge in [0.1, 0.15) is 0 Å². The number of hydrogen-bond acceptors (Lipinski definition) is 7. The van der Waals surface area contributed by atoms with E-state index in [0.29, 0.717) is 44.5 Å². The van der Waals surface area contributed by atoms with Crippen molar-refractivity contribution in [2.75, 3.05) is 43.1 Å². The van der Waals surface area contributed by atoms with Crippen LogP contribution in [0.1, 0.15) is 25.1 Å². The Balaban J connectivity index is 1.65. The van der Waals surface area contributed by atoms with Crippen molar-refractivity contribution in [3.63, 3.8) is 0 Å². The number of hydrogen-bond donors (Lipinski definition) is 3. The van der Waals surface area contributed by atoms with Gasteiger partial charge in [-0.15, -0.1) is 0 Å². The van der Waals surface area contributed by atoms with Crippen molar-refractivity contribution in [3.8, 4) is 11.3 Å². The van der Waals surface area contributed by atoms with E-state index in [1.54, 1.807) is 24.0 Å². The topological polar surface area (TPSA) is 120 Å². The number of urea groups is 1. The lowest BCUT2D eigenvalue weighted by atomic mass is 10.1. The smallest absolute Gasteiger partial charge is 0.319 e. The molecule has 1 aromatic heterocycles. The molecule has 4 rings (SSSR count). The molecule has 1 aromatic carbocycles. The van der Waals surface area contributed by atoms with Crippen LogP contribution in [-0.4, -0.2) is 70.9 Å². The number of ether oxygens (including phenoxy) is 1. The Kier molecular flexibility index (Phi) is 6.52. The minimum Gasteiger partial charge on any atom is -0.395 e. The van der Waals surface area contributed by atoms with Crippen LogP contribution < -0.4 is 15.5 Å². The number of carbonyl (C=O) groups is 2. The summed E-state index contributed by atoms with van der Waals surface area (Å²) in [4.78, 5) is 37.5. The maximum Gasteiger partial charge on any atom is 0.319 e. The molecule has 2 aliphatic heterocycles. The second-order valence-corrected chi connectivity index (χ2v) is 7.97. The molecule has 0 radical (unpaired) electrons. The minimum atomic E-state index is -0.379. The van der Waals surface area contributed by atoms with Gasteiger partial charge in [-0.05, 0) is 19.1 Å². The molecule has 3 heterocycles. The standard InChI is InChI=1S/C22H28N6O4/c1-14-13-32-10-8-28(14)21-25-19-12-27(15(2)30)11-18(19)20(26-21)16-3-5-17(6-4-16)24-22(31)23-7-9-29/h3-6,14,29H,7-13H2,1-2H3,(H2,23,24,31). The first-order chi connectivity index (χ1) is 15.5. The van der Waals surface area contributed by atoms with E-state index in [-0.39, 0.29) is 31.1 Å². The van der Waals surface area contributed by atoms with Gasteiger partial charge in [-0.1, -0.05) is 12.1 Å². The van der Waals surface area contributed by atoms with E-state index in [4.69, 9.17) is 19.8 Å². The van der Waals surface area contributed by atoms with E-state index < -0.39 is 0 Å². The van der Waals surface area contributed by atoms with Gasteiger partial charge >= 0.3 is 6.03 Å². The molecule has 0 saturated carbocycles. The molecule has 2 aromatic rings. The minimum absolute atomic E-state index is 0.00341. The highest BCUT2D eigenvalue weighted by atomic mass is 16.5. The fourth-order valence-corrected chi connectivity index (χ4v) is 3.91. The second-order valence-electron chi connectivity index (χ2n) is 7.97. The number of benzene rings is 1. The van der Waals surface area contributed by atoms with E-state index in [1.807, 2.05) is 12.1 Å². The molecule has 32 heavy (non-hydrogen) atoms. The number of aromatic nitrogens is 2. The number of morpholine rings is 1. The van der Waals surface area contributed by atoms with Crippen molar-refractivity contribution in [1.82, 2.24) is 20.2 Å². The summed E-state index contributed by atoms with van der Waals surface area (Å²) in [7, 11) is 0. The maximum atomic E-state index is 12.0. The van der Waals surface area contributed by atoms with E-state index >= 15 is 0 Å². The number of nitrogens with zero attached hydrogens (tertiary/aromatic N) is 4. The Morgan fingerprint density at radius 2 is 2.00 bits per heavy atom. The molecule has 3 amide bonds. The van der Waals surface area contributed by atoms with E-state index in [0.717, 1.165) is 22.5 Å². The van der Waals surface area contributed by atoms with Crippen LogP contribution in [-0.2, 0) is 22.6 Å². The number of aliphatic hydroxyl groups is 1. The zero-order valence-corrected chi connectivity index (χ0v) is 18.3. The van der Waals surface area contributed by atoms with Crippen LogP contribution >= 0.6 is 0 Å². The fraction of sp³-hybridized carbons (Fsp3) is 0.455. The number of fused-ring (bicyclic) bond motifs is 1. The van der Waals surface area contributed by atoms with Crippen molar-refractivity contribution in [1.29, 1.82) is 0 Å². The molecule has 10 heteroatoms. The summed E-state index contributed by atoms with van der Waals surface area (Å²) in [6, 6.07) is 7.17. The van der Waals surface area contributed by atoms with Crippen LogP contribution in [0.5, 0.6) is 0 Å². The molecule has 1 unspecified atom stereocenters. The van der Waals surface area contributed by atoms with Crippen molar-refractivity contribution >= 4 is 23.6 Å². The van der Waals surface area contributed by atoms with Gasteiger partial charge in [0, 0.05) is 36.8 Å². The normalized spacial score (nSPS) is 17.8. The van der Waals surface area contributed by atoms with Gasteiger partial charge in [0.2, 0.25) is 11.9 Å². The zero-order chi connectivity index (χ0) is 22.7. The van der Waals surface area contributed by atoms with Gasteiger partial charge in [0.25, 0.3) is 0 Å². The highest BCUT2D eigenvalue weighted by Gasteiger charge is 2.30. The van der Waals surface area contributed by atoms with Crippen molar-refractivity contribution in [2.45, 2.75) is 33.0 Å². The highest BCUT2D eigenvalue weighted by Crippen LogP contribution is 2.33. The average Bonchev–Trinajstić information content (AvgIpc) is 3.23. The largest absolute Gasteiger partial charge is 0.395 e. The third kappa shape index (κ3) is 4.66. The lowest BCUT2D eigenvalue weighted by Gasteiger charge is -2.33. The molecule has 3 N–H and O–H groups in total. The van der Waals surface area contributed by atoms with E-state index in [9.17, 15) is 9.59 Å². The third-order valence-corrected chi connectivity index (χ3v) is 5.65. The summed E-state index contributed by atoms with van der Waals surface area (Å²) >= 11 is 0. The Morgan fingerprint density at radius 3 is 2.69 bits per heavy atom. The summed E-state index contributed by atoms with van der Waals surface area (Å²) in [5.41, 5.74) is 4.12. The quantitative estimate of drug-likeness (QED) is 0.642. The Morgan fingerprint density at radius 1 is 1.22 bits per heavy atom. The molecule has 1 saturated heterocycles. The Bertz CT molecular complexity index is 997. The monoisotopic (exact) mass is 440 g/mol. The number of amides is 3. The van der Waals surface area contributed by atoms with Crippen LogP contribution in [0.2, 0.25) is 0 Å². The Labute approximate surface area is 186 Å². The lowest BCUT2D eigenvalue weighted by Crippen LogP contribution is -2.44. The SMILES string of the molecule is CC(=O)N1Cc2nc(N3CCOCC3C)nc(-c3ccc(NC(=O)NCCO)cc3)c2C1. The van der Waals surface area contributed by atoms with Gasteiger partial charge in [-0.3, -0.25) is 4.79 Å². The summed E-state index contributed by atoms with van der Waals surface area (Å²) in [5, 5.41) is 14.1. The predicted octanol–water partition coefficient (Wildman–Crippen LogP) is 1.34. The molecule has 0 aliphatic carbocycles. The number of nitrogens with one attached hydrogen (secondary N) is 2. The summed E-state index contributed by atoms with van der Waals surface area (Å²) < 4.78 is 5.56. The van der Waals surface area contributed by atoms with Crippen LogP contribution in [0.15, 0.2) is 24.3 Å². The van der Waals surface area contributed by atoms with Crippen molar-refractivity contribution in [2.24, 2.45) is 0 Å². The summed E-state index contributed by atoms with van der Waals surface area (Å²) in [6.45, 7) is 6.61. The average molecular weight is 441 g/mol. The maximum absolute atomic E-state index is 12.0. The van der Waals surface area contributed by atoms with Crippen molar-refractivity contribution in [3.05, 3.63) is 35.5 Å². The van der Waals surface area contributed by atoms with Crippen LogP contribution in [0.3, 0.4) is 0 Å². The van der Waals surface area contributed by atoms with Gasteiger partial charge in [-0.2, -0.15) is 0 Å². The molecular weight excluding hydrogens is 412 g/mol. The first-order valence-corrected chi connectivity index (χ1v) is 10.7. The summed E-state index contributed by atoms with van der Waals surface area (Å²) in [5.74, 6) is 0.647. The van der Waals surface area contributed by atoms with Gasteiger partial charge in [0.15, 0.2) is 0 Å². The molecule has 1 fully saturated rings. The highest BCUT2D eigenvalue weighted by molar-refractivity contribution is 5.89. The van der Waals surface area contributed by atoms with E-state index in [1.165, 1.54) is 0 Å². The first-order valence-electron chi connectivity index (χ1n) is 10.7. The van der Waals surface area contributed by atoms with Gasteiger partial charge in [-0.25, -0.2) is 14.8 Å². The third-order valence-electron chi connectivity index (χ3n) is 5.65. The molecule has 0 bridgehead atoms. The van der Waals surface area contributed by atoms with E-state index in [2.05, 4.69) is 22.5 Å². The van der Waals surface area contributed by atoms with Crippen LogP contribution in [0.25, 0.3) is 11.3 Å². The zero-order valence-electron chi connectivity index (χ0n) is 18.3. The molecule has 1 atom stereocenters.